The minimum Gasteiger partial charge on any atom is -0.352 e. The molecule has 0 spiro atoms. The Labute approximate surface area is 141 Å². The largest absolute Gasteiger partial charge is 0.352 e. The topological polar surface area (TPSA) is 18.5 Å². The summed E-state index contributed by atoms with van der Waals surface area (Å²) < 4.78 is 51.7. The lowest BCUT2D eigenvalue weighted by atomic mass is 9.78. The van der Waals surface area contributed by atoms with Gasteiger partial charge in [-0.3, -0.25) is 0 Å². The molecule has 1 saturated carbocycles. The lowest BCUT2D eigenvalue weighted by molar-refractivity contribution is -0.233. The Hall–Kier alpha value is -1.07. The van der Waals surface area contributed by atoms with E-state index >= 15 is 0 Å². The van der Waals surface area contributed by atoms with Crippen molar-refractivity contribution in [2.24, 2.45) is 17.8 Å². The first kappa shape index (κ1) is 17.7. The summed E-state index contributed by atoms with van der Waals surface area (Å²) in [7, 11) is 0. The van der Waals surface area contributed by atoms with Crippen LogP contribution in [0.15, 0.2) is 12.1 Å². The van der Waals surface area contributed by atoms with Gasteiger partial charge in [0.2, 0.25) is 0 Å². The van der Waals surface area contributed by atoms with Gasteiger partial charge in [0.15, 0.2) is 23.7 Å². The van der Waals surface area contributed by atoms with Crippen molar-refractivity contribution in [1.29, 1.82) is 0 Å². The Bertz CT molecular complexity index is 537. The van der Waals surface area contributed by atoms with Crippen molar-refractivity contribution in [3.63, 3.8) is 0 Å². The van der Waals surface area contributed by atoms with E-state index in [0.717, 1.165) is 51.0 Å². The highest BCUT2D eigenvalue weighted by Gasteiger charge is 2.33. The van der Waals surface area contributed by atoms with Gasteiger partial charge in [0.1, 0.15) is 0 Å². The minimum atomic E-state index is -1.39. The summed E-state index contributed by atoms with van der Waals surface area (Å²) in [5.74, 6) is -2.22. The molecule has 0 radical (unpaired) electrons. The van der Waals surface area contributed by atoms with Gasteiger partial charge in [-0.15, -0.1) is 0 Å². The van der Waals surface area contributed by atoms with Crippen LogP contribution in [0.5, 0.6) is 0 Å². The highest BCUT2D eigenvalue weighted by Crippen LogP contribution is 2.39. The number of ether oxygens (including phenoxy) is 2. The van der Waals surface area contributed by atoms with Crippen LogP contribution in [0.3, 0.4) is 0 Å². The SMILES string of the molecule is CC(C)C1COC(C2CCC(c3cc(F)c(F)c(F)c3)CC2)OC1. The van der Waals surface area contributed by atoms with Crippen LogP contribution in [0.4, 0.5) is 13.2 Å². The average Bonchev–Trinajstić information content (AvgIpc) is 2.59. The van der Waals surface area contributed by atoms with Gasteiger partial charge in [0.05, 0.1) is 13.2 Å². The van der Waals surface area contributed by atoms with E-state index < -0.39 is 17.5 Å². The Morgan fingerprint density at radius 3 is 1.96 bits per heavy atom. The fourth-order valence-corrected chi connectivity index (χ4v) is 3.73. The van der Waals surface area contributed by atoms with Gasteiger partial charge in [0, 0.05) is 11.8 Å². The van der Waals surface area contributed by atoms with Crippen molar-refractivity contribution in [2.45, 2.75) is 51.7 Å². The standard InChI is InChI=1S/C19H25F3O2/c1-11(2)15-9-23-19(24-10-15)13-5-3-12(4-6-13)14-7-16(20)18(22)17(21)8-14/h7-8,11-13,15,19H,3-6,9-10H2,1-2H3. The van der Waals surface area contributed by atoms with Crippen LogP contribution in [-0.4, -0.2) is 19.5 Å². The third-order valence-corrected chi connectivity index (χ3v) is 5.53. The van der Waals surface area contributed by atoms with Crippen LogP contribution in [0.1, 0.15) is 51.0 Å². The maximum atomic E-state index is 13.4. The molecule has 2 nitrogen and oxygen atoms in total. The molecule has 0 amide bonds. The van der Waals surface area contributed by atoms with Gasteiger partial charge >= 0.3 is 0 Å². The van der Waals surface area contributed by atoms with Crippen molar-refractivity contribution in [1.82, 2.24) is 0 Å². The molecular formula is C19H25F3O2. The second kappa shape index (κ2) is 7.44. The second-order valence-corrected chi connectivity index (χ2v) is 7.45. The minimum absolute atomic E-state index is 0.0675. The Morgan fingerprint density at radius 2 is 1.46 bits per heavy atom. The van der Waals surface area contributed by atoms with E-state index in [4.69, 9.17) is 9.47 Å². The molecule has 0 N–H and O–H groups in total. The van der Waals surface area contributed by atoms with E-state index in [9.17, 15) is 13.2 Å². The summed E-state index contributed by atoms with van der Waals surface area (Å²) in [5, 5.41) is 0. The Kier molecular flexibility index (Phi) is 5.50. The molecule has 3 rings (SSSR count). The zero-order valence-electron chi connectivity index (χ0n) is 14.2. The van der Waals surface area contributed by atoms with Crippen molar-refractivity contribution < 1.29 is 22.6 Å². The maximum absolute atomic E-state index is 13.4. The molecule has 24 heavy (non-hydrogen) atoms. The molecule has 1 aliphatic carbocycles. The molecule has 2 aliphatic rings. The van der Waals surface area contributed by atoms with Crippen LogP contribution in [0.2, 0.25) is 0 Å². The maximum Gasteiger partial charge on any atom is 0.194 e. The van der Waals surface area contributed by atoms with Crippen LogP contribution in [-0.2, 0) is 9.47 Å². The van der Waals surface area contributed by atoms with E-state index in [-0.39, 0.29) is 12.2 Å². The number of hydrogen-bond donors (Lipinski definition) is 0. The number of hydrogen-bond acceptors (Lipinski definition) is 2. The molecule has 1 aliphatic heterocycles. The van der Waals surface area contributed by atoms with E-state index in [1.807, 2.05) is 0 Å². The predicted octanol–water partition coefficient (Wildman–Crippen LogP) is 5.02. The molecule has 0 aromatic heterocycles. The molecule has 1 aromatic rings. The summed E-state index contributed by atoms with van der Waals surface area (Å²) in [6.07, 6.45) is 3.24. The van der Waals surface area contributed by atoms with Gasteiger partial charge < -0.3 is 9.47 Å². The lowest BCUT2D eigenvalue weighted by Crippen LogP contribution is -2.39. The number of rotatable bonds is 3. The first-order chi connectivity index (χ1) is 11.5. The molecular weight excluding hydrogens is 317 g/mol. The summed E-state index contributed by atoms with van der Waals surface area (Å²) in [6.45, 7) is 5.81. The van der Waals surface area contributed by atoms with E-state index in [2.05, 4.69) is 13.8 Å². The average molecular weight is 342 g/mol. The zero-order valence-corrected chi connectivity index (χ0v) is 14.2. The van der Waals surface area contributed by atoms with Gasteiger partial charge in [-0.1, -0.05) is 13.8 Å². The monoisotopic (exact) mass is 342 g/mol. The first-order valence-corrected chi connectivity index (χ1v) is 8.83. The molecule has 1 heterocycles. The van der Waals surface area contributed by atoms with Crippen LogP contribution in [0, 0.1) is 35.2 Å². The highest BCUT2D eigenvalue weighted by molar-refractivity contribution is 5.23. The number of benzene rings is 1. The first-order valence-electron chi connectivity index (χ1n) is 8.83. The molecule has 134 valence electrons. The summed E-state index contributed by atoms with van der Waals surface area (Å²) in [4.78, 5) is 0. The highest BCUT2D eigenvalue weighted by atomic mass is 19.2. The summed E-state index contributed by atoms with van der Waals surface area (Å²) in [6, 6.07) is 2.26. The molecule has 0 atom stereocenters. The Morgan fingerprint density at radius 1 is 0.917 bits per heavy atom. The van der Waals surface area contributed by atoms with Gasteiger partial charge in [-0.25, -0.2) is 13.2 Å². The normalized spacial score (nSPS) is 31.4. The summed E-state index contributed by atoms with van der Waals surface area (Å²) in [5.41, 5.74) is 0.551. The van der Waals surface area contributed by atoms with Crippen molar-refractivity contribution in [2.75, 3.05) is 13.2 Å². The molecule has 0 unspecified atom stereocenters. The number of halogens is 3. The lowest BCUT2D eigenvalue weighted by Gasteiger charge is -2.38. The molecule has 0 bridgehead atoms. The molecule has 1 saturated heterocycles. The van der Waals surface area contributed by atoms with Crippen LogP contribution >= 0.6 is 0 Å². The fourth-order valence-electron chi connectivity index (χ4n) is 3.73. The molecule has 1 aromatic carbocycles. The van der Waals surface area contributed by atoms with E-state index in [1.54, 1.807) is 0 Å². The smallest absolute Gasteiger partial charge is 0.194 e. The Balaban J connectivity index is 1.55. The predicted molar refractivity (Wildman–Crippen MR) is 85.0 cm³/mol. The molecule has 2 fully saturated rings. The quantitative estimate of drug-likeness (QED) is 0.718. The van der Waals surface area contributed by atoms with Crippen molar-refractivity contribution >= 4 is 0 Å². The van der Waals surface area contributed by atoms with Crippen LogP contribution in [0.25, 0.3) is 0 Å². The van der Waals surface area contributed by atoms with Crippen molar-refractivity contribution in [3.8, 4) is 0 Å². The van der Waals surface area contributed by atoms with Gasteiger partial charge in [-0.05, 0) is 55.2 Å². The van der Waals surface area contributed by atoms with Crippen molar-refractivity contribution in [3.05, 3.63) is 35.1 Å². The van der Waals surface area contributed by atoms with E-state index in [1.165, 1.54) is 0 Å². The fraction of sp³-hybridized carbons (Fsp3) is 0.684. The van der Waals surface area contributed by atoms with Gasteiger partial charge in [0.25, 0.3) is 0 Å². The van der Waals surface area contributed by atoms with Crippen LogP contribution < -0.4 is 0 Å². The molecule has 5 heteroatoms. The van der Waals surface area contributed by atoms with Gasteiger partial charge in [-0.2, -0.15) is 0 Å². The summed E-state index contributed by atoms with van der Waals surface area (Å²) >= 11 is 0. The third-order valence-electron chi connectivity index (χ3n) is 5.53. The third kappa shape index (κ3) is 3.77. The zero-order chi connectivity index (χ0) is 17.3. The van der Waals surface area contributed by atoms with E-state index in [0.29, 0.717) is 23.3 Å². The second-order valence-electron chi connectivity index (χ2n) is 7.45.